The standard InChI is InChI=1S/C16H19N3O2/c1-10(20)12-5-4-11(8-17)7-14(12)19-6-2-3-13-15(19)9-18-16(13)21/h4-5,7,10,13,15,20H,2-3,6,9H2,1H3,(H,18,21)/t10-,13?,15?/m1/s1. The first-order valence-electron chi connectivity index (χ1n) is 7.38. The molecule has 0 bridgehead atoms. The number of hydrogen-bond donors (Lipinski definition) is 2. The molecule has 1 amide bonds. The number of anilines is 1. The highest BCUT2D eigenvalue weighted by Crippen LogP contribution is 2.35. The predicted octanol–water partition coefficient (Wildman–Crippen LogP) is 1.33. The fraction of sp³-hybridized carbons (Fsp3) is 0.500. The van der Waals surface area contributed by atoms with Crippen molar-refractivity contribution >= 4 is 11.6 Å². The number of fused-ring (bicyclic) bond motifs is 1. The molecule has 2 heterocycles. The topological polar surface area (TPSA) is 76.4 Å². The molecule has 2 unspecified atom stereocenters. The van der Waals surface area contributed by atoms with Gasteiger partial charge in [0.2, 0.25) is 5.91 Å². The van der Waals surface area contributed by atoms with Crippen molar-refractivity contribution in [3.8, 4) is 6.07 Å². The van der Waals surface area contributed by atoms with Crippen LogP contribution in [-0.2, 0) is 4.79 Å². The lowest BCUT2D eigenvalue weighted by Gasteiger charge is -2.39. The monoisotopic (exact) mass is 285 g/mol. The van der Waals surface area contributed by atoms with Crippen molar-refractivity contribution in [3.63, 3.8) is 0 Å². The van der Waals surface area contributed by atoms with E-state index in [1.54, 1.807) is 13.0 Å². The van der Waals surface area contributed by atoms with Crippen LogP contribution in [0.2, 0.25) is 0 Å². The zero-order valence-electron chi connectivity index (χ0n) is 12.0. The van der Waals surface area contributed by atoms with E-state index in [9.17, 15) is 9.90 Å². The lowest BCUT2D eigenvalue weighted by atomic mass is 9.90. The number of nitriles is 1. The largest absolute Gasteiger partial charge is 0.389 e. The van der Waals surface area contributed by atoms with Gasteiger partial charge in [-0.15, -0.1) is 0 Å². The molecule has 3 atom stereocenters. The number of nitrogens with zero attached hydrogens (tertiary/aromatic N) is 2. The van der Waals surface area contributed by atoms with E-state index < -0.39 is 6.10 Å². The summed E-state index contributed by atoms with van der Waals surface area (Å²) in [4.78, 5) is 14.1. The van der Waals surface area contributed by atoms with Gasteiger partial charge in [0.15, 0.2) is 0 Å². The van der Waals surface area contributed by atoms with Gasteiger partial charge in [-0.25, -0.2) is 0 Å². The Morgan fingerprint density at radius 2 is 2.33 bits per heavy atom. The molecule has 2 saturated heterocycles. The number of aliphatic hydroxyl groups excluding tert-OH is 1. The van der Waals surface area contributed by atoms with Crippen LogP contribution in [0.4, 0.5) is 5.69 Å². The smallest absolute Gasteiger partial charge is 0.225 e. The van der Waals surface area contributed by atoms with Crippen LogP contribution in [0.1, 0.15) is 37.0 Å². The van der Waals surface area contributed by atoms with Crippen molar-refractivity contribution < 1.29 is 9.90 Å². The van der Waals surface area contributed by atoms with Crippen LogP contribution in [0, 0.1) is 17.2 Å². The zero-order valence-corrected chi connectivity index (χ0v) is 12.0. The number of nitrogens with one attached hydrogen (secondary N) is 1. The molecule has 5 nitrogen and oxygen atoms in total. The molecule has 1 aromatic carbocycles. The summed E-state index contributed by atoms with van der Waals surface area (Å²) in [5, 5.41) is 22.1. The van der Waals surface area contributed by atoms with Crippen LogP contribution < -0.4 is 10.2 Å². The zero-order chi connectivity index (χ0) is 15.0. The van der Waals surface area contributed by atoms with Gasteiger partial charge in [-0.05, 0) is 31.9 Å². The van der Waals surface area contributed by atoms with E-state index in [1.165, 1.54) is 0 Å². The molecule has 0 saturated carbocycles. The van der Waals surface area contributed by atoms with Gasteiger partial charge in [0, 0.05) is 24.3 Å². The third-order valence-corrected chi connectivity index (χ3v) is 4.52. The highest BCUT2D eigenvalue weighted by molar-refractivity contribution is 5.83. The van der Waals surface area contributed by atoms with Crippen molar-refractivity contribution in [2.45, 2.75) is 31.9 Å². The Morgan fingerprint density at radius 1 is 1.52 bits per heavy atom. The molecule has 3 rings (SSSR count). The lowest BCUT2D eigenvalue weighted by molar-refractivity contribution is -0.122. The minimum atomic E-state index is -0.599. The number of carbonyl (C=O) groups is 1. The van der Waals surface area contributed by atoms with Crippen LogP contribution in [-0.4, -0.2) is 30.1 Å². The van der Waals surface area contributed by atoms with Crippen molar-refractivity contribution in [2.24, 2.45) is 5.92 Å². The first kappa shape index (κ1) is 13.9. The second-order valence-electron chi connectivity index (χ2n) is 5.82. The second-order valence-corrected chi connectivity index (χ2v) is 5.82. The number of amides is 1. The second kappa shape index (κ2) is 5.38. The van der Waals surface area contributed by atoms with Gasteiger partial charge in [-0.2, -0.15) is 5.26 Å². The average molecular weight is 285 g/mol. The molecule has 2 fully saturated rings. The summed E-state index contributed by atoms with van der Waals surface area (Å²) >= 11 is 0. The van der Waals surface area contributed by atoms with Crippen LogP contribution in [0.15, 0.2) is 18.2 Å². The number of carbonyl (C=O) groups excluding carboxylic acids is 1. The number of piperidine rings is 1. The Bertz CT molecular complexity index is 606. The maximum absolute atomic E-state index is 11.9. The van der Waals surface area contributed by atoms with E-state index in [1.807, 2.05) is 12.1 Å². The highest BCUT2D eigenvalue weighted by Gasteiger charge is 2.41. The number of rotatable bonds is 2. The fourth-order valence-electron chi connectivity index (χ4n) is 3.47. The van der Waals surface area contributed by atoms with Crippen molar-refractivity contribution in [1.29, 1.82) is 5.26 Å². The molecule has 0 aromatic heterocycles. The molecule has 5 heteroatoms. The third kappa shape index (κ3) is 2.36. The van der Waals surface area contributed by atoms with Crippen LogP contribution in [0.25, 0.3) is 0 Å². The first-order chi connectivity index (χ1) is 10.1. The summed E-state index contributed by atoms with van der Waals surface area (Å²) in [7, 11) is 0. The van der Waals surface area contributed by atoms with E-state index in [0.717, 1.165) is 30.6 Å². The van der Waals surface area contributed by atoms with Gasteiger partial charge in [-0.1, -0.05) is 6.07 Å². The molecule has 21 heavy (non-hydrogen) atoms. The van der Waals surface area contributed by atoms with E-state index >= 15 is 0 Å². The Balaban J connectivity index is 2.02. The molecule has 0 spiro atoms. The summed E-state index contributed by atoms with van der Waals surface area (Å²) in [6.07, 6.45) is 1.26. The van der Waals surface area contributed by atoms with Gasteiger partial charge in [0.05, 0.1) is 29.7 Å². The molecular weight excluding hydrogens is 266 g/mol. The molecule has 0 radical (unpaired) electrons. The van der Waals surface area contributed by atoms with E-state index in [2.05, 4.69) is 16.3 Å². The molecule has 110 valence electrons. The molecular formula is C16H19N3O2. The van der Waals surface area contributed by atoms with Crippen molar-refractivity contribution in [2.75, 3.05) is 18.0 Å². The van der Waals surface area contributed by atoms with Crippen LogP contribution in [0.3, 0.4) is 0 Å². The van der Waals surface area contributed by atoms with Gasteiger partial charge < -0.3 is 15.3 Å². The van der Waals surface area contributed by atoms with Gasteiger partial charge >= 0.3 is 0 Å². The molecule has 2 aliphatic rings. The van der Waals surface area contributed by atoms with Gasteiger partial charge in [-0.3, -0.25) is 4.79 Å². The molecule has 2 N–H and O–H groups in total. The van der Waals surface area contributed by atoms with Crippen molar-refractivity contribution in [3.05, 3.63) is 29.3 Å². The third-order valence-electron chi connectivity index (χ3n) is 4.52. The van der Waals surface area contributed by atoms with Gasteiger partial charge in [0.1, 0.15) is 0 Å². The summed E-state index contributed by atoms with van der Waals surface area (Å²) in [5.74, 6) is 0.145. The number of hydrogen-bond acceptors (Lipinski definition) is 4. The quantitative estimate of drug-likeness (QED) is 0.859. The fourth-order valence-corrected chi connectivity index (χ4v) is 3.47. The first-order valence-corrected chi connectivity index (χ1v) is 7.38. The summed E-state index contributed by atoms with van der Waals surface area (Å²) < 4.78 is 0. The van der Waals surface area contributed by atoms with Crippen molar-refractivity contribution in [1.82, 2.24) is 5.32 Å². The maximum atomic E-state index is 11.9. The summed E-state index contributed by atoms with van der Waals surface area (Å²) in [5.41, 5.74) is 2.28. The van der Waals surface area contributed by atoms with E-state index in [0.29, 0.717) is 12.1 Å². The van der Waals surface area contributed by atoms with E-state index in [-0.39, 0.29) is 17.9 Å². The average Bonchev–Trinajstić information content (AvgIpc) is 2.88. The molecule has 2 aliphatic heterocycles. The van der Waals surface area contributed by atoms with Crippen LogP contribution in [0.5, 0.6) is 0 Å². The minimum Gasteiger partial charge on any atom is -0.389 e. The van der Waals surface area contributed by atoms with E-state index in [4.69, 9.17) is 5.26 Å². The Hall–Kier alpha value is -2.06. The Labute approximate surface area is 124 Å². The summed E-state index contributed by atoms with van der Waals surface area (Å²) in [6.45, 7) is 3.22. The minimum absolute atomic E-state index is 0.0198. The number of benzene rings is 1. The predicted molar refractivity (Wildman–Crippen MR) is 78.7 cm³/mol. The Morgan fingerprint density at radius 3 is 3.05 bits per heavy atom. The van der Waals surface area contributed by atoms with Crippen LogP contribution >= 0.6 is 0 Å². The molecule has 1 aromatic rings. The highest BCUT2D eigenvalue weighted by atomic mass is 16.3. The molecule has 0 aliphatic carbocycles. The maximum Gasteiger partial charge on any atom is 0.225 e. The number of aliphatic hydroxyl groups is 1. The van der Waals surface area contributed by atoms with Gasteiger partial charge in [0.25, 0.3) is 0 Å². The normalized spacial score (nSPS) is 26.0. The Kier molecular flexibility index (Phi) is 3.56. The summed E-state index contributed by atoms with van der Waals surface area (Å²) in [6, 6.07) is 7.64. The SMILES string of the molecule is C[C@@H](O)c1ccc(C#N)cc1N1CCCC2C(=O)NCC21. The lowest BCUT2D eigenvalue weighted by Crippen LogP contribution is -2.46.